The van der Waals surface area contributed by atoms with E-state index in [4.69, 9.17) is 4.74 Å². The van der Waals surface area contributed by atoms with Gasteiger partial charge in [-0.3, -0.25) is 19.7 Å². The average molecular weight is 985 g/mol. The molecule has 0 spiro atoms. The van der Waals surface area contributed by atoms with Crippen molar-refractivity contribution in [1.82, 2.24) is 35.0 Å². The number of likely N-dealkylation sites (N-methyl/N-ethyl adjacent to an activating group) is 3. The minimum Gasteiger partial charge on any atom is -0.508 e. The van der Waals surface area contributed by atoms with Gasteiger partial charge in [-0.05, 0) is 110 Å². The molecule has 3 aliphatic rings. The number of anilines is 2. The summed E-state index contributed by atoms with van der Waals surface area (Å²) in [7, 11) is 0.636. The fourth-order valence-electron chi connectivity index (χ4n) is 7.00. The number of carbonyl (C=O) groups excluding carboxylic acids is 1. The number of rotatable bonds is 5. The fraction of sp³-hybridized carbons (Fsp3) is 0.378. The van der Waals surface area contributed by atoms with Crippen molar-refractivity contribution in [2.24, 2.45) is 0 Å². The van der Waals surface area contributed by atoms with E-state index in [1.807, 2.05) is 31.4 Å². The number of hydrogen-bond acceptors (Lipinski definition) is 15. The second-order valence-corrected chi connectivity index (χ2v) is 18.3. The van der Waals surface area contributed by atoms with Crippen molar-refractivity contribution in [3.05, 3.63) is 95.9 Å². The van der Waals surface area contributed by atoms with Crippen LogP contribution in [0.3, 0.4) is 0 Å². The van der Waals surface area contributed by atoms with Gasteiger partial charge in [-0.15, -0.1) is 0 Å². The van der Waals surface area contributed by atoms with Gasteiger partial charge in [0.05, 0.1) is 40.3 Å². The minimum absolute atomic E-state index is 0.292. The molecule has 6 heterocycles. The lowest BCUT2D eigenvalue weighted by molar-refractivity contribution is -0.131. The van der Waals surface area contributed by atoms with Crippen molar-refractivity contribution in [2.45, 2.75) is 12.4 Å². The smallest absolute Gasteiger partial charge is 0.508 e. The lowest BCUT2D eigenvalue weighted by Crippen LogP contribution is -2.44. The predicted octanol–water partition coefficient (Wildman–Crippen LogP) is 6.35. The Morgan fingerprint density at radius 2 is 1.09 bits per heavy atom. The van der Waals surface area contributed by atoms with Crippen LogP contribution in [0.15, 0.2) is 95.9 Å². The van der Waals surface area contributed by atoms with Gasteiger partial charge in [0.1, 0.15) is 17.2 Å². The number of aromatic hydroxyl groups is 1. The van der Waals surface area contributed by atoms with Crippen molar-refractivity contribution in [3.63, 3.8) is 0 Å². The van der Waals surface area contributed by atoms with Crippen LogP contribution in [0, 0.1) is 0 Å². The summed E-state index contributed by atoms with van der Waals surface area (Å²) < 4.78 is 69.6. The molecule has 3 fully saturated rings. The van der Waals surface area contributed by atoms with Gasteiger partial charge >= 0.3 is 21.6 Å². The van der Waals surface area contributed by atoms with Crippen molar-refractivity contribution < 1.29 is 40.4 Å². The topological polar surface area (TPSA) is 157 Å². The number of fused-ring (bicyclic) bond motifs is 3. The third-order valence-corrected chi connectivity index (χ3v) is 12.1. The summed E-state index contributed by atoms with van der Waals surface area (Å²) >= 11 is 3.34. The zero-order chi connectivity index (χ0) is 46.7. The molecule has 0 aliphatic carbocycles. The van der Waals surface area contributed by atoms with Gasteiger partial charge < -0.3 is 43.8 Å². The highest BCUT2D eigenvalue weighted by molar-refractivity contribution is 9.10. The molecule has 348 valence electrons. The Morgan fingerprint density at radius 3 is 1.58 bits per heavy atom. The van der Waals surface area contributed by atoms with Gasteiger partial charge in [0.2, 0.25) is 0 Å². The molecular weight excluding hydrogens is 932 g/mol. The Bertz CT molecular complexity index is 2660. The van der Waals surface area contributed by atoms with Gasteiger partial charge in [-0.25, -0.2) is 0 Å². The molecule has 65 heavy (non-hydrogen) atoms. The molecule has 2 N–H and O–H groups in total. The first-order valence-corrected chi connectivity index (χ1v) is 23.1. The molecule has 0 saturated carbocycles. The van der Waals surface area contributed by atoms with Crippen LogP contribution in [-0.2, 0) is 14.9 Å². The molecule has 0 atom stereocenters. The maximum absolute atomic E-state index is 12.4. The first-order valence-electron chi connectivity index (χ1n) is 20.9. The van der Waals surface area contributed by atoms with Crippen LogP contribution in [0.2, 0.25) is 0 Å². The molecule has 3 aliphatic heterocycles. The summed E-state index contributed by atoms with van der Waals surface area (Å²) in [5, 5.41) is 15.2. The average Bonchev–Trinajstić information content (AvgIpc) is 3.26. The molecule has 20 heteroatoms. The Kier molecular flexibility index (Phi) is 16.8. The Balaban J connectivity index is 0.000000154. The molecule has 6 aromatic rings. The van der Waals surface area contributed by atoms with Gasteiger partial charge in [0.15, 0.2) is 0 Å². The highest BCUT2D eigenvalue weighted by Gasteiger charge is 2.48. The fourth-order valence-corrected chi connectivity index (χ4v) is 7.80. The maximum atomic E-state index is 12.4. The van der Waals surface area contributed by atoms with Crippen LogP contribution < -0.4 is 24.0 Å². The quantitative estimate of drug-likeness (QED) is 0.0852. The summed E-state index contributed by atoms with van der Waals surface area (Å²) in [6.07, 6.45) is 5.35. The van der Waals surface area contributed by atoms with Crippen molar-refractivity contribution in [2.75, 3.05) is 109 Å². The SMILES string of the molecule is CC(=O)Oc1ccc2ncc(Br)cc2c1.CN1CCN(c2cnc3ccc(O)cc3c2)CC1.CN1CCN(c2cnc3ccc(OS(=O)(=O)C(F)(F)F)cc3c2)CC1.CN1CCNCC1. The van der Waals surface area contributed by atoms with E-state index in [1.165, 1.54) is 32.1 Å². The van der Waals surface area contributed by atoms with Crippen LogP contribution in [0.1, 0.15) is 6.92 Å². The van der Waals surface area contributed by atoms with E-state index in [-0.39, 0.29) is 5.97 Å². The van der Waals surface area contributed by atoms with Gasteiger partial charge in [-0.1, -0.05) is 0 Å². The number of aromatic nitrogens is 3. The number of nitrogens with one attached hydrogen (secondary N) is 1. The Labute approximate surface area is 385 Å². The van der Waals surface area contributed by atoms with E-state index in [1.54, 1.807) is 42.7 Å². The van der Waals surface area contributed by atoms with E-state index in [2.05, 4.69) is 85.0 Å². The van der Waals surface area contributed by atoms with Crippen LogP contribution in [0.5, 0.6) is 17.2 Å². The van der Waals surface area contributed by atoms with E-state index >= 15 is 0 Å². The molecule has 3 saturated heterocycles. The monoisotopic (exact) mass is 983 g/mol. The lowest BCUT2D eigenvalue weighted by atomic mass is 10.2. The molecule has 15 nitrogen and oxygen atoms in total. The maximum Gasteiger partial charge on any atom is 0.534 e. The second kappa shape index (κ2) is 22.2. The predicted molar refractivity (Wildman–Crippen MR) is 251 cm³/mol. The first kappa shape index (κ1) is 49.1. The summed E-state index contributed by atoms with van der Waals surface area (Å²) in [5.74, 6) is 0.106. The van der Waals surface area contributed by atoms with Gasteiger partial charge in [0.25, 0.3) is 0 Å². The van der Waals surface area contributed by atoms with E-state index < -0.39 is 21.4 Å². The highest BCUT2D eigenvalue weighted by atomic mass is 79.9. The third kappa shape index (κ3) is 14.3. The Morgan fingerprint density at radius 1 is 0.646 bits per heavy atom. The van der Waals surface area contributed by atoms with Crippen LogP contribution >= 0.6 is 15.9 Å². The number of phenolic OH excluding ortho intramolecular Hbond substituents is 1. The number of esters is 1. The summed E-state index contributed by atoms with van der Waals surface area (Å²) in [4.78, 5) is 35.0. The zero-order valence-electron chi connectivity index (χ0n) is 36.6. The summed E-state index contributed by atoms with van der Waals surface area (Å²) in [6, 6.07) is 20.2. The molecule has 0 unspecified atom stereocenters. The van der Waals surface area contributed by atoms with Crippen LogP contribution in [0.4, 0.5) is 24.5 Å². The number of ether oxygens (including phenoxy) is 1. The number of pyridine rings is 3. The van der Waals surface area contributed by atoms with Gasteiger partial charge in [-0.2, -0.15) is 21.6 Å². The summed E-state index contributed by atoms with van der Waals surface area (Å²) in [5.41, 5.74) is -1.17. The second-order valence-electron chi connectivity index (χ2n) is 15.8. The van der Waals surface area contributed by atoms with E-state index in [0.717, 1.165) is 109 Å². The number of nitrogens with zero attached hydrogens (tertiary/aromatic N) is 8. The minimum atomic E-state index is -5.69. The normalized spacial score (nSPS) is 16.4. The van der Waals surface area contributed by atoms with Crippen molar-refractivity contribution in [1.29, 1.82) is 0 Å². The molecule has 9 rings (SSSR count). The first-order chi connectivity index (χ1) is 30.9. The molecular formula is C45H53BrF3N9O6S. The van der Waals surface area contributed by atoms with Crippen molar-refractivity contribution >= 4 is 76.1 Å². The Hall–Kier alpha value is -5.38. The molecule has 0 amide bonds. The van der Waals surface area contributed by atoms with Gasteiger partial charge in [0, 0.05) is 112 Å². The number of piperazine rings is 3. The highest BCUT2D eigenvalue weighted by Crippen LogP contribution is 2.30. The molecule has 3 aromatic heterocycles. The number of halogens is 4. The van der Waals surface area contributed by atoms with Crippen molar-refractivity contribution in [3.8, 4) is 17.2 Å². The number of carbonyl (C=O) groups is 1. The zero-order valence-corrected chi connectivity index (χ0v) is 39.0. The number of benzene rings is 3. The molecule has 0 bridgehead atoms. The lowest BCUT2D eigenvalue weighted by Gasteiger charge is -2.33. The standard InChI is InChI=1S/C15H16F3N3O3S.C14H17N3O.C11H8BrNO2.C5H12N2/c1-20-4-6-21(7-5-20)12-8-11-9-13(2-3-14(11)19-10-12)24-25(22,23)15(16,17)18;1-16-4-6-17(7-5-16)12-8-11-9-13(18)2-3-14(11)15-10-12;1-7(14)15-10-2-3-11-8(5-10)4-9(12)6-13-11;1-7-4-2-6-3-5-7/h2-3,8-10H,4-7H2,1H3;2-3,8-10,18H,4-7H2,1H3;2-6H,1H3;6H,2-5H2,1H3. The number of phenols is 1. The van der Waals surface area contributed by atoms with E-state index in [0.29, 0.717) is 22.4 Å². The largest absolute Gasteiger partial charge is 0.534 e. The molecule has 0 radical (unpaired) electrons. The number of alkyl halides is 3. The number of hydrogen-bond donors (Lipinski definition) is 2. The summed E-state index contributed by atoms with van der Waals surface area (Å²) in [6.45, 7) is 13.7. The third-order valence-electron chi connectivity index (χ3n) is 10.7. The van der Waals surface area contributed by atoms with Crippen LogP contribution in [-0.4, -0.2) is 154 Å². The van der Waals surface area contributed by atoms with E-state index in [9.17, 15) is 31.5 Å². The molecule has 3 aromatic carbocycles. The van der Waals surface area contributed by atoms with Crippen LogP contribution in [0.25, 0.3) is 32.7 Å².